The molecule has 0 N–H and O–H groups in total. The molecule has 1 aliphatic carbocycles. The highest BCUT2D eigenvalue weighted by Crippen LogP contribution is 2.32. The molecule has 0 spiro atoms. The quantitative estimate of drug-likeness (QED) is 0.575. The molecule has 3 heteroatoms. The highest BCUT2D eigenvalue weighted by atomic mass is 79.9. The maximum absolute atomic E-state index is 11.6. The van der Waals surface area contributed by atoms with Gasteiger partial charge in [0.05, 0.1) is 12.5 Å². The molecule has 2 atom stereocenters. The summed E-state index contributed by atoms with van der Waals surface area (Å²) in [6.07, 6.45) is 3.17. The van der Waals surface area contributed by atoms with Crippen molar-refractivity contribution in [3.05, 3.63) is 0 Å². The summed E-state index contributed by atoms with van der Waals surface area (Å²) in [5.41, 5.74) is 0. The SMILES string of the molecule is CC(C)COC(=O)C1CCC(CBr)C1. The second kappa shape index (κ2) is 5.74. The van der Waals surface area contributed by atoms with E-state index in [2.05, 4.69) is 29.8 Å². The molecule has 1 aliphatic rings. The molecular formula is C11H19BrO2. The molecule has 1 rings (SSSR count). The van der Waals surface area contributed by atoms with Crippen molar-refractivity contribution < 1.29 is 9.53 Å². The normalized spacial score (nSPS) is 26.9. The lowest BCUT2D eigenvalue weighted by Gasteiger charge is -2.11. The Morgan fingerprint density at radius 2 is 2.21 bits per heavy atom. The summed E-state index contributed by atoms with van der Waals surface area (Å²) in [4.78, 5) is 11.6. The van der Waals surface area contributed by atoms with Gasteiger partial charge in [-0.3, -0.25) is 4.79 Å². The van der Waals surface area contributed by atoms with Crippen LogP contribution in [0.4, 0.5) is 0 Å². The second-order valence-electron chi connectivity index (χ2n) is 4.55. The molecular weight excluding hydrogens is 244 g/mol. The summed E-state index contributed by atoms with van der Waals surface area (Å²) in [5, 5.41) is 1.01. The fraction of sp³-hybridized carbons (Fsp3) is 0.909. The minimum Gasteiger partial charge on any atom is -0.465 e. The van der Waals surface area contributed by atoms with E-state index in [-0.39, 0.29) is 11.9 Å². The summed E-state index contributed by atoms with van der Waals surface area (Å²) in [6, 6.07) is 0. The first-order valence-corrected chi connectivity index (χ1v) is 6.48. The fourth-order valence-corrected chi connectivity index (χ4v) is 2.38. The highest BCUT2D eigenvalue weighted by Gasteiger charge is 2.30. The maximum Gasteiger partial charge on any atom is 0.308 e. The van der Waals surface area contributed by atoms with E-state index in [1.54, 1.807) is 0 Å². The van der Waals surface area contributed by atoms with Gasteiger partial charge >= 0.3 is 5.97 Å². The molecule has 0 aromatic carbocycles. The molecule has 0 bridgehead atoms. The van der Waals surface area contributed by atoms with Crippen molar-refractivity contribution in [2.75, 3.05) is 11.9 Å². The van der Waals surface area contributed by atoms with Gasteiger partial charge in [-0.1, -0.05) is 29.8 Å². The number of rotatable bonds is 4. The van der Waals surface area contributed by atoms with Crippen LogP contribution in [0, 0.1) is 17.8 Å². The molecule has 0 amide bonds. The largest absolute Gasteiger partial charge is 0.465 e. The van der Waals surface area contributed by atoms with Gasteiger partial charge < -0.3 is 4.74 Å². The number of ether oxygens (including phenoxy) is 1. The van der Waals surface area contributed by atoms with Crippen molar-refractivity contribution in [2.45, 2.75) is 33.1 Å². The summed E-state index contributed by atoms with van der Waals surface area (Å²) in [6.45, 7) is 4.68. The molecule has 0 aromatic rings. The molecule has 0 saturated heterocycles. The van der Waals surface area contributed by atoms with Gasteiger partial charge in [-0.15, -0.1) is 0 Å². The zero-order valence-electron chi connectivity index (χ0n) is 8.96. The van der Waals surface area contributed by atoms with E-state index in [1.807, 2.05) is 0 Å². The summed E-state index contributed by atoms with van der Waals surface area (Å²) in [5.74, 6) is 1.29. The Labute approximate surface area is 94.5 Å². The first-order chi connectivity index (χ1) is 6.63. The Bertz CT molecular complexity index is 192. The Balaban J connectivity index is 2.25. The predicted octanol–water partition coefficient (Wildman–Crippen LogP) is 3.00. The average molecular weight is 263 g/mol. The molecule has 14 heavy (non-hydrogen) atoms. The lowest BCUT2D eigenvalue weighted by molar-refractivity contribution is -0.149. The lowest BCUT2D eigenvalue weighted by Crippen LogP contribution is -2.18. The van der Waals surface area contributed by atoms with E-state index in [0.29, 0.717) is 18.4 Å². The van der Waals surface area contributed by atoms with E-state index in [4.69, 9.17) is 4.74 Å². The number of carbonyl (C=O) groups excluding carboxylic acids is 1. The van der Waals surface area contributed by atoms with Crippen LogP contribution in [0.1, 0.15) is 33.1 Å². The zero-order chi connectivity index (χ0) is 10.6. The van der Waals surface area contributed by atoms with Crippen molar-refractivity contribution in [1.29, 1.82) is 0 Å². The van der Waals surface area contributed by atoms with E-state index in [9.17, 15) is 4.79 Å². The van der Waals surface area contributed by atoms with Crippen LogP contribution in [-0.4, -0.2) is 17.9 Å². The predicted molar refractivity (Wildman–Crippen MR) is 60.4 cm³/mol. The van der Waals surface area contributed by atoms with Gasteiger partial charge in [-0.25, -0.2) is 0 Å². The van der Waals surface area contributed by atoms with Crippen LogP contribution in [0.3, 0.4) is 0 Å². The maximum atomic E-state index is 11.6. The fourth-order valence-electron chi connectivity index (χ4n) is 1.80. The lowest BCUT2D eigenvalue weighted by atomic mass is 10.1. The Kier molecular flexibility index (Phi) is 4.93. The van der Waals surface area contributed by atoms with Gasteiger partial charge in [0.25, 0.3) is 0 Å². The van der Waals surface area contributed by atoms with Crippen LogP contribution in [-0.2, 0) is 9.53 Å². The smallest absolute Gasteiger partial charge is 0.308 e. The number of halogens is 1. The van der Waals surface area contributed by atoms with Crippen LogP contribution in [0.25, 0.3) is 0 Å². The van der Waals surface area contributed by atoms with Gasteiger partial charge in [-0.2, -0.15) is 0 Å². The number of esters is 1. The van der Waals surface area contributed by atoms with Crippen LogP contribution < -0.4 is 0 Å². The van der Waals surface area contributed by atoms with Crippen LogP contribution in [0.2, 0.25) is 0 Å². The van der Waals surface area contributed by atoms with Crippen LogP contribution >= 0.6 is 15.9 Å². The van der Waals surface area contributed by atoms with Crippen molar-refractivity contribution in [3.8, 4) is 0 Å². The topological polar surface area (TPSA) is 26.3 Å². The van der Waals surface area contributed by atoms with E-state index < -0.39 is 0 Å². The Morgan fingerprint density at radius 1 is 1.50 bits per heavy atom. The van der Waals surface area contributed by atoms with Gasteiger partial charge in [0, 0.05) is 5.33 Å². The third-order valence-electron chi connectivity index (χ3n) is 2.65. The first-order valence-electron chi connectivity index (χ1n) is 5.36. The minimum atomic E-state index is 0.0159. The monoisotopic (exact) mass is 262 g/mol. The van der Waals surface area contributed by atoms with Crippen LogP contribution in [0.15, 0.2) is 0 Å². The minimum absolute atomic E-state index is 0.0159. The highest BCUT2D eigenvalue weighted by molar-refractivity contribution is 9.09. The third kappa shape index (κ3) is 3.60. The molecule has 82 valence electrons. The summed E-state index contributed by atoms with van der Waals surface area (Å²) >= 11 is 3.46. The standard InChI is InChI=1S/C11H19BrO2/c1-8(2)7-14-11(13)10-4-3-9(5-10)6-12/h8-10H,3-7H2,1-2H3. The first kappa shape index (κ1) is 12.0. The zero-order valence-corrected chi connectivity index (χ0v) is 10.5. The van der Waals surface area contributed by atoms with Gasteiger partial charge in [0.15, 0.2) is 0 Å². The second-order valence-corrected chi connectivity index (χ2v) is 5.20. The summed E-state index contributed by atoms with van der Waals surface area (Å²) in [7, 11) is 0. The molecule has 0 aromatic heterocycles. The van der Waals surface area contributed by atoms with Crippen molar-refractivity contribution in [3.63, 3.8) is 0 Å². The van der Waals surface area contributed by atoms with Crippen LogP contribution in [0.5, 0.6) is 0 Å². The van der Waals surface area contributed by atoms with E-state index in [0.717, 1.165) is 24.6 Å². The third-order valence-corrected chi connectivity index (χ3v) is 3.57. The average Bonchev–Trinajstić information content (AvgIpc) is 2.62. The number of hydrogen-bond donors (Lipinski definition) is 0. The molecule has 0 aliphatic heterocycles. The van der Waals surface area contributed by atoms with Gasteiger partial charge in [0.2, 0.25) is 0 Å². The molecule has 2 unspecified atom stereocenters. The number of alkyl halides is 1. The van der Waals surface area contributed by atoms with E-state index in [1.165, 1.54) is 0 Å². The van der Waals surface area contributed by atoms with Gasteiger partial charge in [0.1, 0.15) is 0 Å². The number of carbonyl (C=O) groups is 1. The van der Waals surface area contributed by atoms with Crippen molar-refractivity contribution in [2.24, 2.45) is 17.8 Å². The number of hydrogen-bond acceptors (Lipinski definition) is 2. The molecule has 0 radical (unpaired) electrons. The van der Waals surface area contributed by atoms with Crippen molar-refractivity contribution >= 4 is 21.9 Å². The molecule has 1 saturated carbocycles. The van der Waals surface area contributed by atoms with E-state index >= 15 is 0 Å². The Morgan fingerprint density at radius 3 is 2.71 bits per heavy atom. The Hall–Kier alpha value is -0.0500. The molecule has 0 heterocycles. The van der Waals surface area contributed by atoms with Crippen molar-refractivity contribution in [1.82, 2.24) is 0 Å². The summed E-state index contributed by atoms with van der Waals surface area (Å²) < 4.78 is 5.23. The van der Waals surface area contributed by atoms with Gasteiger partial charge in [-0.05, 0) is 31.1 Å². The molecule has 1 fully saturated rings. The molecule has 2 nitrogen and oxygen atoms in total.